The zero-order valence-corrected chi connectivity index (χ0v) is 24.8. The Balaban J connectivity index is 1.72. The molecule has 0 bridgehead atoms. The molecule has 0 aliphatic carbocycles. The molecule has 3 aromatic rings. The van der Waals surface area contributed by atoms with Crippen LogP contribution in [0.25, 0.3) is 11.4 Å². The van der Waals surface area contributed by atoms with Gasteiger partial charge in [0.25, 0.3) is 5.88 Å². The maximum absolute atomic E-state index is 13.8. The number of rotatable bonds is 12. The molecule has 0 radical (unpaired) electrons. The zero-order chi connectivity index (χ0) is 30.7. The molecule has 3 aromatic heterocycles. The highest BCUT2D eigenvalue weighted by atomic mass is 35.5. The number of sulfone groups is 1. The van der Waals surface area contributed by atoms with Gasteiger partial charge < -0.3 is 23.5 Å². The lowest BCUT2D eigenvalue weighted by Gasteiger charge is -2.25. The van der Waals surface area contributed by atoms with E-state index >= 15 is 0 Å². The van der Waals surface area contributed by atoms with Crippen molar-refractivity contribution in [1.82, 2.24) is 29.7 Å². The molecule has 0 amide bonds. The van der Waals surface area contributed by atoms with Crippen LogP contribution in [0.1, 0.15) is 51.5 Å². The van der Waals surface area contributed by atoms with Crippen molar-refractivity contribution in [2.24, 2.45) is 0 Å². The van der Waals surface area contributed by atoms with Crippen molar-refractivity contribution in [1.29, 1.82) is 0 Å². The van der Waals surface area contributed by atoms with E-state index in [4.69, 9.17) is 30.5 Å². The van der Waals surface area contributed by atoms with Gasteiger partial charge >= 0.3 is 6.18 Å². The molecule has 42 heavy (non-hydrogen) atoms. The second-order valence-electron chi connectivity index (χ2n) is 9.71. The van der Waals surface area contributed by atoms with Crippen molar-refractivity contribution in [3.05, 3.63) is 41.3 Å². The van der Waals surface area contributed by atoms with Crippen LogP contribution in [-0.2, 0) is 25.1 Å². The lowest BCUT2D eigenvalue weighted by Crippen LogP contribution is -2.32. The second kappa shape index (κ2) is 13.1. The Hall–Kier alpha value is -3.08. The smallest absolute Gasteiger partial charge is 0.422 e. The van der Waals surface area contributed by atoms with Gasteiger partial charge in [-0.05, 0) is 33.8 Å². The molecule has 4 heterocycles. The SMILES string of the molecule is CCOC[C@@H]1COc2c(ccnc2OCC(F)(F)F)-c2nnc(CS(=O)(=O)[C@@H](C)[C@@H](OC(C)C)c3ncc(Cl)cn3)n21. The van der Waals surface area contributed by atoms with Crippen molar-refractivity contribution < 1.29 is 40.5 Å². The van der Waals surface area contributed by atoms with Crippen LogP contribution in [0.15, 0.2) is 24.7 Å². The molecule has 0 unspecified atom stereocenters. The summed E-state index contributed by atoms with van der Waals surface area (Å²) in [6.45, 7) is 5.55. The average Bonchev–Trinajstić information content (AvgIpc) is 3.24. The van der Waals surface area contributed by atoms with Crippen molar-refractivity contribution in [3.63, 3.8) is 0 Å². The lowest BCUT2D eigenvalue weighted by molar-refractivity contribution is -0.154. The highest BCUT2D eigenvalue weighted by Gasteiger charge is 2.38. The normalized spacial score (nSPS) is 16.7. The fourth-order valence-electron chi connectivity index (χ4n) is 4.26. The highest BCUT2D eigenvalue weighted by Crippen LogP contribution is 2.41. The number of ether oxygens (including phenoxy) is 4. The van der Waals surface area contributed by atoms with Gasteiger partial charge in [-0.25, -0.2) is 23.4 Å². The molecule has 0 spiro atoms. The minimum Gasteiger partial charge on any atom is -0.485 e. The van der Waals surface area contributed by atoms with Gasteiger partial charge in [0, 0.05) is 25.2 Å². The maximum atomic E-state index is 13.8. The van der Waals surface area contributed by atoms with Gasteiger partial charge in [-0.15, -0.1) is 10.2 Å². The molecule has 4 rings (SSSR count). The Bertz CT molecular complexity index is 1470. The summed E-state index contributed by atoms with van der Waals surface area (Å²) in [6.07, 6.45) is -2.00. The first-order valence-electron chi connectivity index (χ1n) is 13.0. The Morgan fingerprint density at radius 3 is 2.52 bits per heavy atom. The van der Waals surface area contributed by atoms with Crippen LogP contribution >= 0.6 is 11.6 Å². The fraction of sp³-hybridized carbons (Fsp3) is 0.560. The van der Waals surface area contributed by atoms with Gasteiger partial charge in [-0.2, -0.15) is 13.2 Å². The Kier molecular flexibility index (Phi) is 9.90. The predicted octanol–water partition coefficient (Wildman–Crippen LogP) is 4.16. The third kappa shape index (κ3) is 7.46. The number of nitrogens with zero attached hydrogens (tertiary/aromatic N) is 6. The number of hydrogen-bond acceptors (Lipinski definition) is 11. The van der Waals surface area contributed by atoms with E-state index in [1.54, 1.807) is 25.3 Å². The van der Waals surface area contributed by atoms with E-state index in [2.05, 4.69) is 25.1 Å². The minimum atomic E-state index is -4.60. The van der Waals surface area contributed by atoms with E-state index in [1.165, 1.54) is 31.6 Å². The van der Waals surface area contributed by atoms with E-state index < -0.39 is 45.8 Å². The summed E-state index contributed by atoms with van der Waals surface area (Å²) in [7, 11) is -3.99. The minimum absolute atomic E-state index is 0.0672. The first kappa shape index (κ1) is 31.8. The van der Waals surface area contributed by atoms with E-state index in [1.807, 2.05) is 0 Å². The van der Waals surface area contributed by atoms with Gasteiger partial charge in [0.15, 0.2) is 33.8 Å². The number of halogens is 4. The highest BCUT2D eigenvalue weighted by molar-refractivity contribution is 7.91. The van der Waals surface area contributed by atoms with Crippen LogP contribution in [0.5, 0.6) is 11.6 Å². The summed E-state index contributed by atoms with van der Waals surface area (Å²) < 4.78 is 90.0. The molecule has 0 saturated carbocycles. The quantitative estimate of drug-likeness (QED) is 0.283. The fourth-order valence-corrected chi connectivity index (χ4v) is 5.74. The van der Waals surface area contributed by atoms with Gasteiger partial charge in [0.2, 0.25) is 0 Å². The van der Waals surface area contributed by atoms with Crippen molar-refractivity contribution in [3.8, 4) is 23.0 Å². The molecule has 230 valence electrons. The van der Waals surface area contributed by atoms with Crippen molar-refractivity contribution in [2.75, 3.05) is 26.4 Å². The van der Waals surface area contributed by atoms with Crippen LogP contribution < -0.4 is 9.47 Å². The van der Waals surface area contributed by atoms with Gasteiger partial charge in [-0.1, -0.05) is 11.6 Å². The van der Waals surface area contributed by atoms with Crippen LogP contribution in [0.3, 0.4) is 0 Å². The Morgan fingerprint density at radius 1 is 1.17 bits per heavy atom. The largest absolute Gasteiger partial charge is 0.485 e. The number of aromatic nitrogens is 6. The third-order valence-electron chi connectivity index (χ3n) is 6.19. The first-order chi connectivity index (χ1) is 19.8. The lowest BCUT2D eigenvalue weighted by atomic mass is 10.2. The van der Waals surface area contributed by atoms with Gasteiger partial charge in [-0.3, -0.25) is 0 Å². The molecular weight excluding hydrogens is 605 g/mol. The molecule has 12 nitrogen and oxygen atoms in total. The maximum Gasteiger partial charge on any atom is 0.422 e. The molecular formula is C25H30ClF3N6O6S. The number of fused-ring (bicyclic) bond motifs is 3. The summed E-state index contributed by atoms with van der Waals surface area (Å²) in [5, 5.41) is 7.56. The molecule has 17 heteroatoms. The van der Waals surface area contributed by atoms with Gasteiger partial charge in [0.1, 0.15) is 24.3 Å². The van der Waals surface area contributed by atoms with E-state index in [0.29, 0.717) is 6.61 Å². The van der Waals surface area contributed by atoms with E-state index in [-0.39, 0.29) is 59.0 Å². The molecule has 1 aliphatic rings. The number of pyridine rings is 1. The summed E-state index contributed by atoms with van der Waals surface area (Å²) >= 11 is 5.92. The first-order valence-corrected chi connectivity index (χ1v) is 15.1. The zero-order valence-electron chi connectivity index (χ0n) is 23.2. The van der Waals surface area contributed by atoms with E-state index in [0.717, 1.165) is 0 Å². The summed E-state index contributed by atoms with van der Waals surface area (Å²) in [6, 6.07) is 0.852. The molecule has 0 aromatic carbocycles. The summed E-state index contributed by atoms with van der Waals surface area (Å²) in [5.74, 6) is -0.598. The molecule has 1 aliphatic heterocycles. The Labute approximate surface area is 245 Å². The summed E-state index contributed by atoms with van der Waals surface area (Å²) in [5.41, 5.74) is 0.237. The van der Waals surface area contributed by atoms with E-state index in [9.17, 15) is 21.6 Å². The monoisotopic (exact) mass is 634 g/mol. The van der Waals surface area contributed by atoms with Crippen molar-refractivity contribution >= 4 is 21.4 Å². The van der Waals surface area contributed by atoms with Crippen LogP contribution in [0.4, 0.5) is 13.2 Å². The second-order valence-corrected chi connectivity index (χ2v) is 12.5. The number of hydrogen-bond donors (Lipinski definition) is 0. The molecule has 0 N–H and O–H groups in total. The summed E-state index contributed by atoms with van der Waals surface area (Å²) in [4.78, 5) is 12.2. The molecule has 0 saturated heterocycles. The average molecular weight is 635 g/mol. The van der Waals surface area contributed by atoms with Gasteiger partial charge in [0.05, 0.1) is 34.6 Å². The molecule has 3 atom stereocenters. The molecule has 0 fully saturated rings. The standard InChI is InChI=1S/C25H30ClF3N6O6S/c1-5-38-10-17-11-39-21-18(6-7-30-24(21)40-13-25(27,28)29)23-34-33-19(35(17)23)12-42(36,37)15(4)20(41-14(2)3)22-31-8-16(26)9-32-22/h6-9,14-15,17,20H,5,10-13H2,1-4H3/t15-,17+,20+/m0/s1. The van der Waals surface area contributed by atoms with Crippen molar-refractivity contribution in [2.45, 2.75) is 63.1 Å². The Morgan fingerprint density at radius 2 is 1.88 bits per heavy atom. The van der Waals surface area contributed by atoms with Crippen LogP contribution in [-0.4, -0.2) is 82.1 Å². The predicted molar refractivity (Wildman–Crippen MR) is 144 cm³/mol. The van der Waals surface area contributed by atoms with Crippen LogP contribution in [0.2, 0.25) is 5.02 Å². The third-order valence-corrected chi connectivity index (χ3v) is 8.42. The number of alkyl halides is 3. The van der Waals surface area contributed by atoms with Crippen LogP contribution in [0, 0.1) is 0 Å². The topological polar surface area (TPSA) is 140 Å².